The molecule has 1 saturated carbocycles. The SMILES string of the molecule is Nc1ncncc1C(=O)NCCNC(=O)c1ccc(OC2CCC(C(=O)O)CC2)cc1. The monoisotopic (exact) mass is 427 g/mol. The van der Waals surface area contributed by atoms with E-state index in [9.17, 15) is 14.4 Å². The first-order valence-electron chi connectivity index (χ1n) is 10.1. The van der Waals surface area contributed by atoms with Crippen LogP contribution in [-0.4, -0.2) is 52.1 Å². The third-order valence-corrected chi connectivity index (χ3v) is 5.13. The minimum atomic E-state index is -0.744. The lowest BCUT2D eigenvalue weighted by atomic mass is 9.87. The Labute approximate surface area is 179 Å². The third kappa shape index (κ3) is 6.14. The molecule has 31 heavy (non-hydrogen) atoms. The summed E-state index contributed by atoms with van der Waals surface area (Å²) >= 11 is 0. The Morgan fingerprint density at radius 3 is 2.29 bits per heavy atom. The van der Waals surface area contributed by atoms with E-state index in [0.717, 1.165) is 0 Å². The molecule has 5 N–H and O–H groups in total. The van der Waals surface area contributed by atoms with Crippen molar-refractivity contribution in [1.82, 2.24) is 20.6 Å². The maximum Gasteiger partial charge on any atom is 0.306 e. The van der Waals surface area contributed by atoms with Crippen LogP contribution in [0.1, 0.15) is 46.4 Å². The molecule has 0 bridgehead atoms. The van der Waals surface area contributed by atoms with E-state index in [2.05, 4.69) is 20.6 Å². The number of benzene rings is 1. The molecule has 1 aromatic carbocycles. The maximum absolute atomic E-state index is 12.3. The Bertz CT molecular complexity index is 926. The summed E-state index contributed by atoms with van der Waals surface area (Å²) in [5.41, 5.74) is 6.27. The van der Waals surface area contributed by atoms with Crippen LogP contribution in [-0.2, 0) is 4.79 Å². The first-order valence-corrected chi connectivity index (χ1v) is 10.1. The largest absolute Gasteiger partial charge is 0.490 e. The maximum atomic E-state index is 12.3. The zero-order valence-electron chi connectivity index (χ0n) is 16.9. The number of carboxylic acid groups (broad SMARTS) is 1. The zero-order valence-corrected chi connectivity index (χ0v) is 16.9. The lowest BCUT2D eigenvalue weighted by Gasteiger charge is -2.26. The van der Waals surface area contributed by atoms with Gasteiger partial charge in [0.2, 0.25) is 0 Å². The van der Waals surface area contributed by atoms with Gasteiger partial charge < -0.3 is 26.2 Å². The highest BCUT2D eigenvalue weighted by Crippen LogP contribution is 2.28. The number of nitrogens with zero attached hydrogens (tertiary/aromatic N) is 2. The number of hydrogen-bond acceptors (Lipinski definition) is 7. The molecule has 164 valence electrons. The van der Waals surface area contributed by atoms with Crippen molar-refractivity contribution in [2.45, 2.75) is 31.8 Å². The summed E-state index contributed by atoms with van der Waals surface area (Å²) in [6.07, 6.45) is 5.20. The summed E-state index contributed by atoms with van der Waals surface area (Å²) in [5.74, 6) is -0.976. The van der Waals surface area contributed by atoms with E-state index in [1.807, 2.05) is 0 Å². The molecule has 2 aromatic rings. The van der Waals surface area contributed by atoms with Gasteiger partial charge in [-0.05, 0) is 49.9 Å². The van der Waals surface area contributed by atoms with Gasteiger partial charge in [0.05, 0.1) is 17.6 Å². The summed E-state index contributed by atoms with van der Waals surface area (Å²) in [4.78, 5) is 42.8. The fourth-order valence-electron chi connectivity index (χ4n) is 3.37. The Morgan fingerprint density at radius 2 is 1.68 bits per heavy atom. The number of nitrogen functional groups attached to an aromatic ring is 1. The van der Waals surface area contributed by atoms with Crippen molar-refractivity contribution in [3.05, 3.63) is 47.9 Å². The van der Waals surface area contributed by atoms with Crippen molar-refractivity contribution >= 4 is 23.6 Å². The minimum absolute atomic E-state index is 0.0112. The van der Waals surface area contributed by atoms with E-state index in [-0.39, 0.29) is 42.4 Å². The molecule has 0 radical (unpaired) electrons. The number of ether oxygens (including phenoxy) is 1. The number of hydrogen-bond donors (Lipinski definition) is 4. The number of amides is 2. The number of aromatic nitrogens is 2. The number of carbonyl (C=O) groups is 3. The average Bonchev–Trinajstić information content (AvgIpc) is 2.77. The predicted octanol–water partition coefficient (Wildman–Crippen LogP) is 1.24. The number of rotatable bonds is 8. The average molecular weight is 427 g/mol. The molecule has 3 rings (SSSR count). The Hall–Kier alpha value is -3.69. The first kappa shape index (κ1) is 22.0. The van der Waals surface area contributed by atoms with Crippen molar-refractivity contribution in [3.8, 4) is 5.75 Å². The lowest BCUT2D eigenvalue weighted by molar-refractivity contribution is -0.143. The van der Waals surface area contributed by atoms with Gasteiger partial charge in [-0.2, -0.15) is 0 Å². The van der Waals surface area contributed by atoms with Gasteiger partial charge in [-0.1, -0.05) is 0 Å². The van der Waals surface area contributed by atoms with Crippen LogP contribution in [0.5, 0.6) is 5.75 Å². The number of carboxylic acids is 1. The van der Waals surface area contributed by atoms with Gasteiger partial charge in [0.1, 0.15) is 17.9 Å². The Balaban J connectivity index is 1.39. The van der Waals surface area contributed by atoms with Crippen molar-refractivity contribution < 1.29 is 24.2 Å². The number of carbonyl (C=O) groups excluding carboxylic acids is 2. The second-order valence-corrected chi connectivity index (χ2v) is 7.29. The Kier molecular flexibility index (Phi) is 7.36. The third-order valence-electron chi connectivity index (χ3n) is 5.13. The topological polar surface area (TPSA) is 157 Å². The van der Waals surface area contributed by atoms with E-state index in [0.29, 0.717) is 37.0 Å². The summed E-state index contributed by atoms with van der Waals surface area (Å²) < 4.78 is 5.90. The molecular weight excluding hydrogens is 402 g/mol. The number of nitrogens with two attached hydrogens (primary N) is 1. The standard InChI is InChI=1S/C21H25N5O5/c22-18-17(11-23-12-26-18)20(28)25-10-9-24-19(27)13-1-5-15(6-2-13)31-16-7-3-14(4-8-16)21(29)30/h1-2,5-6,11-12,14,16H,3-4,7-10H2,(H,24,27)(H,25,28)(H,29,30)(H2,22,23,26). The number of aliphatic carboxylic acids is 1. The van der Waals surface area contributed by atoms with Gasteiger partial charge in [0.25, 0.3) is 11.8 Å². The highest BCUT2D eigenvalue weighted by atomic mass is 16.5. The van der Waals surface area contributed by atoms with Crippen LogP contribution >= 0.6 is 0 Å². The van der Waals surface area contributed by atoms with E-state index in [1.165, 1.54) is 12.5 Å². The van der Waals surface area contributed by atoms with Gasteiger partial charge in [0.15, 0.2) is 0 Å². The molecule has 10 heteroatoms. The minimum Gasteiger partial charge on any atom is -0.490 e. The molecule has 0 unspecified atom stereocenters. The summed E-state index contributed by atoms with van der Waals surface area (Å²) in [5, 5.41) is 14.4. The summed E-state index contributed by atoms with van der Waals surface area (Å²) in [6, 6.07) is 6.76. The molecule has 1 aliphatic carbocycles. The van der Waals surface area contributed by atoms with Crippen LogP contribution in [0.3, 0.4) is 0 Å². The van der Waals surface area contributed by atoms with Crippen LogP contribution in [0.25, 0.3) is 0 Å². The van der Waals surface area contributed by atoms with E-state index in [1.54, 1.807) is 24.3 Å². The van der Waals surface area contributed by atoms with Crippen LogP contribution in [0.15, 0.2) is 36.8 Å². The summed E-state index contributed by atoms with van der Waals surface area (Å²) in [7, 11) is 0. The normalized spacial score (nSPS) is 18.1. The molecule has 1 aliphatic rings. The molecule has 0 aliphatic heterocycles. The molecule has 0 saturated heterocycles. The lowest BCUT2D eigenvalue weighted by Crippen LogP contribution is -2.35. The van der Waals surface area contributed by atoms with Crippen LogP contribution in [0, 0.1) is 5.92 Å². The second kappa shape index (κ2) is 10.4. The highest BCUT2D eigenvalue weighted by molar-refractivity contribution is 5.98. The van der Waals surface area contributed by atoms with Gasteiger partial charge >= 0.3 is 5.97 Å². The van der Waals surface area contributed by atoms with Crippen molar-refractivity contribution in [2.24, 2.45) is 5.92 Å². The smallest absolute Gasteiger partial charge is 0.306 e. The fraction of sp³-hybridized carbons (Fsp3) is 0.381. The van der Waals surface area contributed by atoms with Crippen molar-refractivity contribution in [2.75, 3.05) is 18.8 Å². The molecule has 1 aromatic heterocycles. The molecule has 10 nitrogen and oxygen atoms in total. The van der Waals surface area contributed by atoms with Gasteiger partial charge in [-0.15, -0.1) is 0 Å². The van der Waals surface area contributed by atoms with E-state index < -0.39 is 11.9 Å². The molecule has 0 spiro atoms. The van der Waals surface area contributed by atoms with Gasteiger partial charge in [0, 0.05) is 24.8 Å². The number of nitrogens with one attached hydrogen (secondary N) is 2. The van der Waals surface area contributed by atoms with Crippen LogP contribution in [0.2, 0.25) is 0 Å². The first-order chi connectivity index (χ1) is 14.9. The predicted molar refractivity (Wildman–Crippen MR) is 112 cm³/mol. The Morgan fingerprint density at radius 1 is 1.03 bits per heavy atom. The summed E-state index contributed by atoms with van der Waals surface area (Å²) in [6.45, 7) is 0.461. The molecule has 2 amide bonds. The molecule has 1 fully saturated rings. The van der Waals surface area contributed by atoms with E-state index >= 15 is 0 Å². The zero-order chi connectivity index (χ0) is 22.2. The van der Waals surface area contributed by atoms with Crippen LogP contribution < -0.4 is 21.1 Å². The van der Waals surface area contributed by atoms with E-state index in [4.69, 9.17) is 15.6 Å². The van der Waals surface area contributed by atoms with Gasteiger partial charge in [-0.3, -0.25) is 14.4 Å². The molecule has 1 heterocycles. The molecule has 0 atom stereocenters. The molecular formula is C21H25N5O5. The van der Waals surface area contributed by atoms with Gasteiger partial charge in [-0.25, -0.2) is 9.97 Å². The highest BCUT2D eigenvalue weighted by Gasteiger charge is 2.26. The fourth-order valence-corrected chi connectivity index (χ4v) is 3.37. The van der Waals surface area contributed by atoms with Crippen molar-refractivity contribution in [3.63, 3.8) is 0 Å². The van der Waals surface area contributed by atoms with Crippen LogP contribution in [0.4, 0.5) is 5.82 Å². The van der Waals surface area contributed by atoms with Crippen molar-refractivity contribution in [1.29, 1.82) is 0 Å². The quantitative estimate of drug-likeness (QED) is 0.458. The second-order valence-electron chi connectivity index (χ2n) is 7.29. The number of anilines is 1.